The van der Waals surface area contributed by atoms with Crippen molar-refractivity contribution in [3.05, 3.63) is 47.0 Å². The molecule has 28 heavy (non-hydrogen) atoms. The van der Waals surface area contributed by atoms with Crippen molar-refractivity contribution < 1.29 is 9.59 Å². The lowest BCUT2D eigenvalue weighted by Crippen LogP contribution is -2.43. The minimum absolute atomic E-state index is 0.00508. The smallest absolute Gasteiger partial charge is 0.233 e. The second kappa shape index (κ2) is 7.95. The average Bonchev–Trinajstić information content (AvgIpc) is 3.35. The van der Waals surface area contributed by atoms with Gasteiger partial charge < -0.3 is 10.6 Å². The summed E-state index contributed by atoms with van der Waals surface area (Å²) in [4.78, 5) is 31.4. The molecule has 148 valence electrons. The van der Waals surface area contributed by atoms with E-state index in [1.54, 1.807) is 0 Å². The minimum Gasteiger partial charge on any atom is -0.357 e. The third-order valence-corrected chi connectivity index (χ3v) is 6.08. The molecule has 0 spiro atoms. The van der Waals surface area contributed by atoms with Gasteiger partial charge >= 0.3 is 0 Å². The zero-order chi connectivity index (χ0) is 19.7. The fourth-order valence-electron chi connectivity index (χ4n) is 4.62. The zero-order valence-electron chi connectivity index (χ0n) is 15.9. The highest BCUT2D eigenvalue weighted by molar-refractivity contribution is 6.30. The van der Waals surface area contributed by atoms with Crippen LogP contribution in [0.3, 0.4) is 0 Å². The summed E-state index contributed by atoms with van der Waals surface area (Å²) in [5.74, 6) is 0.883. The van der Waals surface area contributed by atoms with E-state index in [1.807, 2.05) is 31.2 Å². The number of hydrogen-bond donors (Lipinski definition) is 2. The number of rotatable bonds is 6. The van der Waals surface area contributed by atoms with E-state index < -0.39 is 0 Å². The molecular formula is C21H25ClN4O2. The molecule has 0 aromatic heterocycles. The van der Waals surface area contributed by atoms with Crippen molar-refractivity contribution in [1.29, 1.82) is 0 Å². The van der Waals surface area contributed by atoms with Gasteiger partial charge in [0.1, 0.15) is 0 Å². The van der Waals surface area contributed by atoms with Gasteiger partial charge in [-0.1, -0.05) is 35.9 Å². The van der Waals surface area contributed by atoms with Crippen molar-refractivity contribution in [2.75, 3.05) is 19.6 Å². The number of benzene rings is 1. The van der Waals surface area contributed by atoms with Gasteiger partial charge in [-0.2, -0.15) is 0 Å². The number of imide groups is 1. The van der Waals surface area contributed by atoms with Crippen molar-refractivity contribution in [1.82, 2.24) is 15.5 Å². The van der Waals surface area contributed by atoms with Crippen LogP contribution in [0.15, 0.2) is 41.4 Å². The van der Waals surface area contributed by atoms with Crippen LogP contribution in [0.5, 0.6) is 0 Å². The second-order valence-corrected chi connectivity index (χ2v) is 8.02. The number of likely N-dealkylation sites (tertiary alicyclic amines) is 1. The van der Waals surface area contributed by atoms with Crippen LogP contribution in [0.25, 0.3) is 0 Å². The topological polar surface area (TPSA) is 73.8 Å². The van der Waals surface area contributed by atoms with Gasteiger partial charge in [-0.15, -0.1) is 0 Å². The monoisotopic (exact) mass is 400 g/mol. The van der Waals surface area contributed by atoms with Crippen molar-refractivity contribution in [3.63, 3.8) is 0 Å². The van der Waals surface area contributed by atoms with Crippen LogP contribution in [-0.2, 0) is 16.1 Å². The minimum atomic E-state index is -0.132. The van der Waals surface area contributed by atoms with Gasteiger partial charge in [-0.25, -0.2) is 4.99 Å². The number of aliphatic imine (C=N–C) groups is 1. The van der Waals surface area contributed by atoms with E-state index in [0.717, 1.165) is 18.5 Å². The molecular weight excluding hydrogens is 376 g/mol. The molecule has 1 saturated heterocycles. The number of hydrogen-bond acceptors (Lipinski definition) is 3. The molecule has 0 radical (unpaired) electrons. The number of carbonyl (C=O) groups excluding carboxylic acids is 2. The Hall–Kier alpha value is -2.34. The van der Waals surface area contributed by atoms with Gasteiger partial charge in [0.15, 0.2) is 5.96 Å². The van der Waals surface area contributed by atoms with Gasteiger partial charge in [0.2, 0.25) is 11.8 Å². The molecule has 2 fully saturated rings. The highest BCUT2D eigenvalue weighted by Gasteiger charge is 2.58. The molecule has 1 aliphatic heterocycles. The van der Waals surface area contributed by atoms with Crippen LogP contribution < -0.4 is 10.6 Å². The second-order valence-electron chi connectivity index (χ2n) is 7.58. The number of amides is 2. The first-order valence-electron chi connectivity index (χ1n) is 9.88. The van der Waals surface area contributed by atoms with Crippen LogP contribution in [0.1, 0.15) is 18.9 Å². The molecule has 1 aromatic rings. The van der Waals surface area contributed by atoms with E-state index in [-0.39, 0.29) is 35.5 Å². The molecule has 6 nitrogen and oxygen atoms in total. The predicted molar refractivity (Wildman–Crippen MR) is 109 cm³/mol. The molecule has 1 aromatic carbocycles. The summed E-state index contributed by atoms with van der Waals surface area (Å²) in [6.07, 6.45) is 5.19. The Morgan fingerprint density at radius 1 is 1.18 bits per heavy atom. The number of halogens is 1. The molecule has 7 heteroatoms. The zero-order valence-corrected chi connectivity index (χ0v) is 16.7. The molecule has 4 unspecified atom stereocenters. The first-order chi connectivity index (χ1) is 13.6. The van der Waals surface area contributed by atoms with Crippen molar-refractivity contribution in [2.24, 2.45) is 28.7 Å². The molecule has 4 atom stereocenters. The van der Waals surface area contributed by atoms with Gasteiger partial charge in [0.25, 0.3) is 0 Å². The maximum absolute atomic E-state index is 12.7. The maximum Gasteiger partial charge on any atom is 0.233 e. The number of nitrogens with zero attached hydrogens (tertiary/aromatic N) is 2. The number of guanidine groups is 1. The summed E-state index contributed by atoms with van der Waals surface area (Å²) in [5.41, 5.74) is 1.02. The standard InChI is InChI=1S/C21H25ClN4O2/c1-2-23-21(25-12-13-4-3-5-16(22)10-13)24-8-9-26-19(27)17-14-6-7-15(11-14)18(17)20(26)28/h3-7,10,14-15,17-18H,2,8-9,11-12H2,1H3,(H2,23,24,25). The Morgan fingerprint density at radius 2 is 1.89 bits per heavy atom. The molecule has 3 aliphatic rings. The van der Waals surface area contributed by atoms with E-state index in [1.165, 1.54) is 4.90 Å². The van der Waals surface area contributed by atoms with E-state index in [9.17, 15) is 9.59 Å². The summed E-state index contributed by atoms with van der Waals surface area (Å²) in [6.45, 7) is 4.06. The number of carbonyl (C=O) groups is 2. The van der Waals surface area contributed by atoms with Gasteiger partial charge in [-0.05, 0) is 42.9 Å². The SMILES string of the molecule is CCNC(=NCc1cccc(Cl)c1)NCCN1C(=O)C2C3C=CC(C3)C2C1=O. The van der Waals surface area contributed by atoms with E-state index in [4.69, 9.17) is 11.6 Å². The molecule has 2 bridgehead atoms. The Balaban J connectivity index is 1.33. The molecule has 2 aliphatic carbocycles. The van der Waals surface area contributed by atoms with Gasteiger partial charge in [0.05, 0.1) is 18.4 Å². The number of nitrogens with one attached hydrogen (secondary N) is 2. The molecule has 1 heterocycles. The Bertz CT molecular complexity index is 807. The number of allylic oxidation sites excluding steroid dienone is 2. The fourth-order valence-corrected chi connectivity index (χ4v) is 4.83. The first-order valence-corrected chi connectivity index (χ1v) is 10.3. The summed E-state index contributed by atoms with van der Waals surface area (Å²) >= 11 is 6.02. The van der Waals surface area contributed by atoms with Crippen molar-refractivity contribution in [3.8, 4) is 0 Å². The molecule has 2 amide bonds. The summed E-state index contributed by atoms with van der Waals surface area (Å²) < 4.78 is 0. The Morgan fingerprint density at radius 3 is 2.54 bits per heavy atom. The third-order valence-electron chi connectivity index (χ3n) is 5.84. The lowest BCUT2D eigenvalue weighted by atomic mass is 9.85. The van der Waals surface area contributed by atoms with Gasteiger partial charge in [-0.3, -0.25) is 14.5 Å². The van der Waals surface area contributed by atoms with E-state index in [2.05, 4.69) is 27.8 Å². The predicted octanol–water partition coefficient (Wildman–Crippen LogP) is 2.20. The maximum atomic E-state index is 12.7. The highest BCUT2D eigenvalue weighted by atomic mass is 35.5. The van der Waals surface area contributed by atoms with Crippen molar-refractivity contribution in [2.45, 2.75) is 19.9 Å². The Labute approximate surface area is 170 Å². The van der Waals surface area contributed by atoms with Crippen LogP contribution >= 0.6 is 11.6 Å². The fraction of sp³-hybridized carbons (Fsp3) is 0.476. The van der Waals surface area contributed by atoms with E-state index in [0.29, 0.717) is 30.6 Å². The Kier molecular flexibility index (Phi) is 5.40. The molecule has 1 saturated carbocycles. The summed E-state index contributed by atoms with van der Waals surface area (Å²) in [7, 11) is 0. The van der Waals surface area contributed by atoms with Crippen LogP contribution in [0, 0.1) is 23.7 Å². The van der Waals surface area contributed by atoms with E-state index >= 15 is 0 Å². The third kappa shape index (κ3) is 3.53. The highest BCUT2D eigenvalue weighted by Crippen LogP contribution is 2.52. The normalized spacial score (nSPS) is 28.2. The van der Waals surface area contributed by atoms with Crippen LogP contribution in [0.2, 0.25) is 5.02 Å². The first kappa shape index (κ1) is 19.0. The quantitative estimate of drug-likeness (QED) is 0.332. The lowest BCUT2D eigenvalue weighted by Gasteiger charge is -2.18. The average molecular weight is 401 g/mol. The molecule has 2 N–H and O–H groups in total. The summed E-state index contributed by atoms with van der Waals surface area (Å²) in [5, 5.41) is 7.09. The summed E-state index contributed by atoms with van der Waals surface area (Å²) in [6, 6.07) is 7.59. The largest absolute Gasteiger partial charge is 0.357 e. The number of fused-ring (bicyclic) bond motifs is 5. The molecule has 4 rings (SSSR count). The van der Waals surface area contributed by atoms with Gasteiger partial charge in [0, 0.05) is 24.7 Å². The van der Waals surface area contributed by atoms with Crippen LogP contribution in [-0.4, -0.2) is 42.3 Å². The van der Waals surface area contributed by atoms with Crippen molar-refractivity contribution >= 4 is 29.4 Å². The lowest BCUT2D eigenvalue weighted by molar-refractivity contribution is -0.140. The van der Waals surface area contributed by atoms with Crippen LogP contribution in [0.4, 0.5) is 0 Å².